The first kappa shape index (κ1) is 32.5. The topological polar surface area (TPSA) is 122 Å². The number of hydrogen-bond donors (Lipinski definition) is 1. The fourth-order valence-electron chi connectivity index (χ4n) is 3.66. The van der Waals surface area contributed by atoms with Crippen molar-refractivity contribution in [2.75, 3.05) is 30.9 Å². The van der Waals surface area contributed by atoms with Gasteiger partial charge in [-0.3, -0.25) is 4.79 Å². The van der Waals surface area contributed by atoms with E-state index in [1.54, 1.807) is 45.0 Å². The molecule has 0 saturated carbocycles. The van der Waals surface area contributed by atoms with Gasteiger partial charge in [-0.05, 0) is 51.0 Å². The average molecular weight is 642 g/mol. The van der Waals surface area contributed by atoms with Crippen molar-refractivity contribution >= 4 is 69.1 Å². The molecule has 0 unspecified atom stereocenters. The maximum absolute atomic E-state index is 12.9. The lowest BCUT2D eigenvalue weighted by Crippen LogP contribution is -2.17. The second-order valence-corrected chi connectivity index (χ2v) is 11.2. The number of benzene rings is 1. The Morgan fingerprint density at radius 1 is 1.15 bits per heavy atom. The second kappa shape index (κ2) is 15.8. The zero-order chi connectivity index (χ0) is 29.9. The predicted octanol–water partition coefficient (Wildman–Crippen LogP) is 6.24. The normalized spacial score (nSPS) is 10.8. The number of thiophene rings is 1. The molecule has 0 fully saturated rings. The molecule has 3 rings (SSSR count). The van der Waals surface area contributed by atoms with Crippen molar-refractivity contribution in [2.24, 2.45) is 0 Å². The molecule has 0 bridgehead atoms. The van der Waals surface area contributed by atoms with Gasteiger partial charge >= 0.3 is 11.9 Å². The molecule has 0 aliphatic rings. The molecule has 0 atom stereocenters. The summed E-state index contributed by atoms with van der Waals surface area (Å²) in [6, 6.07) is 5.05. The Labute approximate surface area is 256 Å². The number of carbonyl (C=O) groups excluding carboxylic acids is 3. The van der Waals surface area contributed by atoms with Gasteiger partial charge in [-0.1, -0.05) is 41.0 Å². The number of allylic oxidation sites excluding steroid dienone is 1. The molecule has 14 heteroatoms. The van der Waals surface area contributed by atoms with E-state index in [4.69, 9.17) is 37.4 Å². The van der Waals surface area contributed by atoms with E-state index in [1.165, 1.54) is 11.8 Å². The van der Waals surface area contributed by atoms with Crippen LogP contribution in [0, 0.1) is 6.92 Å². The molecule has 0 spiro atoms. The van der Waals surface area contributed by atoms with Gasteiger partial charge in [0.2, 0.25) is 5.91 Å². The van der Waals surface area contributed by atoms with Gasteiger partial charge in [0.25, 0.3) is 0 Å². The van der Waals surface area contributed by atoms with Crippen LogP contribution in [0.4, 0.5) is 5.00 Å². The number of rotatable bonds is 15. The lowest BCUT2D eigenvalue weighted by Gasteiger charge is -2.10. The van der Waals surface area contributed by atoms with Gasteiger partial charge in [0.05, 0.1) is 36.2 Å². The van der Waals surface area contributed by atoms with E-state index in [0.717, 1.165) is 17.2 Å². The maximum atomic E-state index is 12.9. The van der Waals surface area contributed by atoms with Crippen LogP contribution < -0.4 is 10.1 Å². The first-order chi connectivity index (χ1) is 19.7. The average Bonchev–Trinajstić information content (AvgIpc) is 3.46. The van der Waals surface area contributed by atoms with Crippen LogP contribution in [0.1, 0.15) is 51.7 Å². The van der Waals surface area contributed by atoms with Crippen molar-refractivity contribution in [3.05, 3.63) is 62.7 Å². The third-order valence-electron chi connectivity index (χ3n) is 5.47. The molecule has 1 aromatic carbocycles. The molecular weight excluding hydrogens is 611 g/mol. The summed E-state index contributed by atoms with van der Waals surface area (Å²) in [6.07, 6.45) is 2.95. The van der Waals surface area contributed by atoms with Gasteiger partial charge in [0, 0.05) is 18.0 Å². The minimum Gasteiger partial charge on any atom is -0.492 e. The van der Waals surface area contributed by atoms with Crippen LogP contribution in [-0.2, 0) is 27.2 Å². The largest absolute Gasteiger partial charge is 0.492 e. The van der Waals surface area contributed by atoms with Crippen molar-refractivity contribution in [3.63, 3.8) is 0 Å². The maximum Gasteiger partial charge on any atom is 0.348 e. The highest BCUT2D eigenvalue weighted by Gasteiger charge is 2.27. The summed E-state index contributed by atoms with van der Waals surface area (Å²) in [6.45, 7) is 9.98. The summed E-state index contributed by atoms with van der Waals surface area (Å²) >= 11 is 14.2. The minimum absolute atomic E-state index is 0.0125. The molecule has 0 aliphatic heterocycles. The zero-order valence-electron chi connectivity index (χ0n) is 22.8. The van der Waals surface area contributed by atoms with Crippen LogP contribution in [0.15, 0.2) is 36.0 Å². The Bertz CT molecular complexity index is 1410. The zero-order valence-corrected chi connectivity index (χ0v) is 26.0. The number of aryl methyl sites for hydroxylation is 1. The molecule has 0 aliphatic carbocycles. The van der Waals surface area contributed by atoms with Gasteiger partial charge in [-0.15, -0.1) is 28.1 Å². The molecule has 2 heterocycles. The summed E-state index contributed by atoms with van der Waals surface area (Å²) < 4.78 is 17.9. The Hall–Kier alpha value is -3.06. The SMILES string of the molecule is C=CCn1c(CCCOc2ccc(Cl)cc2Cl)nnc1SCC(=O)Nc1sc(C(=O)OCC)c(C)c1C(=O)OCC. The van der Waals surface area contributed by atoms with Gasteiger partial charge in [-0.25, -0.2) is 9.59 Å². The fraction of sp³-hybridized carbons (Fsp3) is 0.370. The highest BCUT2D eigenvalue weighted by Crippen LogP contribution is 2.35. The Balaban J connectivity index is 1.64. The van der Waals surface area contributed by atoms with E-state index in [9.17, 15) is 14.4 Å². The number of halogens is 2. The van der Waals surface area contributed by atoms with E-state index in [-0.39, 0.29) is 40.3 Å². The van der Waals surface area contributed by atoms with Crippen LogP contribution in [-0.4, -0.2) is 58.2 Å². The lowest BCUT2D eigenvalue weighted by atomic mass is 10.1. The second-order valence-electron chi connectivity index (χ2n) is 8.36. The smallest absolute Gasteiger partial charge is 0.348 e. The van der Waals surface area contributed by atoms with Crippen LogP contribution in [0.3, 0.4) is 0 Å². The fourth-order valence-corrected chi connectivity index (χ4v) is 6.00. The number of anilines is 1. The highest BCUT2D eigenvalue weighted by molar-refractivity contribution is 7.99. The third kappa shape index (κ3) is 8.71. The first-order valence-corrected chi connectivity index (χ1v) is 15.3. The van der Waals surface area contributed by atoms with Crippen LogP contribution in [0.25, 0.3) is 0 Å². The summed E-state index contributed by atoms with van der Waals surface area (Å²) in [5.41, 5.74) is 0.532. The number of aromatic nitrogens is 3. The van der Waals surface area contributed by atoms with Gasteiger partial charge in [-0.2, -0.15) is 0 Å². The number of ether oxygens (including phenoxy) is 3. The summed E-state index contributed by atoms with van der Waals surface area (Å²) in [5, 5.41) is 13.0. The minimum atomic E-state index is -0.627. The molecule has 0 radical (unpaired) electrons. The van der Waals surface area contributed by atoms with Crippen molar-refractivity contribution in [1.29, 1.82) is 0 Å². The number of nitrogens with one attached hydrogen (secondary N) is 1. The Morgan fingerprint density at radius 2 is 1.88 bits per heavy atom. The first-order valence-electron chi connectivity index (χ1n) is 12.7. The lowest BCUT2D eigenvalue weighted by molar-refractivity contribution is -0.113. The van der Waals surface area contributed by atoms with Gasteiger partial charge < -0.3 is 24.1 Å². The van der Waals surface area contributed by atoms with Crippen LogP contribution in [0.5, 0.6) is 5.75 Å². The van der Waals surface area contributed by atoms with Crippen molar-refractivity contribution in [2.45, 2.75) is 45.3 Å². The quantitative estimate of drug-likeness (QED) is 0.0890. The van der Waals surface area contributed by atoms with Crippen molar-refractivity contribution in [3.8, 4) is 5.75 Å². The summed E-state index contributed by atoms with van der Waals surface area (Å²) in [7, 11) is 0. The Morgan fingerprint density at radius 3 is 2.56 bits per heavy atom. The van der Waals surface area contributed by atoms with E-state index in [0.29, 0.717) is 52.5 Å². The monoisotopic (exact) mass is 640 g/mol. The molecular formula is C27H30Cl2N4O6S2. The molecule has 10 nitrogen and oxygen atoms in total. The van der Waals surface area contributed by atoms with Gasteiger partial charge in [0.1, 0.15) is 21.5 Å². The standard InChI is InChI=1S/C27H30Cl2N4O6S2/c1-5-12-33-20(9-8-13-39-19-11-10-17(28)14-18(19)29)31-32-27(33)40-15-21(34)30-24-22(25(35)37-6-2)16(4)23(41-24)26(36)38-7-3/h5,10-11,14H,1,6-9,12-13,15H2,2-4H3,(H,30,34). The van der Waals surface area contributed by atoms with Crippen LogP contribution >= 0.6 is 46.3 Å². The predicted molar refractivity (Wildman–Crippen MR) is 161 cm³/mol. The van der Waals surface area contributed by atoms with Gasteiger partial charge in [0.15, 0.2) is 5.16 Å². The number of nitrogens with zero attached hydrogens (tertiary/aromatic N) is 3. The number of carbonyl (C=O) groups is 3. The van der Waals surface area contributed by atoms with Crippen molar-refractivity contribution in [1.82, 2.24) is 14.8 Å². The summed E-state index contributed by atoms with van der Waals surface area (Å²) in [4.78, 5) is 38.1. The number of amides is 1. The molecule has 1 N–H and O–H groups in total. The summed E-state index contributed by atoms with van der Waals surface area (Å²) in [5.74, 6) is -0.329. The molecule has 41 heavy (non-hydrogen) atoms. The van der Waals surface area contributed by atoms with E-state index in [1.807, 2.05) is 4.57 Å². The van der Waals surface area contributed by atoms with Crippen molar-refractivity contribution < 1.29 is 28.6 Å². The molecule has 2 aromatic heterocycles. The van der Waals surface area contributed by atoms with Crippen LogP contribution in [0.2, 0.25) is 10.0 Å². The van der Waals surface area contributed by atoms with E-state index < -0.39 is 11.9 Å². The number of thioether (sulfide) groups is 1. The molecule has 3 aromatic rings. The third-order valence-corrected chi connectivity index (χ3v) is 8.16. The molecule has 1 amide bonds. The number of hydrogen-bond acceptors (Lipinski definition) is 10. The highest BCUT2D eigenvalue weighted by atomic mass is 35.5. The van der Waals surface area contributed by atoms with E-state index >= 15 is 0 Å². The Kier molecular flexibility index (Phi) is 12.5. The molecule has 0 saturated heterocycles. The molecule has 220 valence electrons. The van der Waals surface area contributed by atoms with E-state index in [2.05, 4.69) is 22.1 Å². The number of esters is 2.